The van der Waals surface area contributed by atoms with Gasteiger partial charge in [-0.1, -0.05) is 0 Å². The fourth-order valence-corrected chi connectivity index (χ4v) is 1.74. The number of Topliss-reactive ketones (excluding diaryl/α,β-unsaturated/α-hetero) is 1. The Kier molecular flexibility index (Phi) is 4.33. The van der Waals surface area contributed by atoms with E-state index >= 15 is 0 Å². The Hall–Kier alpha value is -2.69. The second kappa shape index (κ2) is 6.17. The highest BCUT2D eigenvalue weighted by Gasteiger charge is 2.15. The maximum absolute atomic E-state index is 12.8. The summed E-state index contributed by atoms with van der Waals surface area (Å²) in [4.78, 5) is 23.6. The molecule has 2 aromatic rings. The minimum Gasteiger partial charge on any atom is -0.497 e. The maximum Gasteiger partial charge on any atom is 0.343 e. The Morgan fingerprint density at radius 1 is 1.05 bits per heavy atom. The molecule has 0 aliphatic heterocycles. The van der Waals surface area contributed by atoms with Crippen LogP contribution in [0.1, 0.15) is 27.6 Å². The Morgan fingerprint density at radius 3 is 2.29 bits per heavy atom. The molecule has 0 atom stereocenters. The molecule has 0 aliphatic rings. The number of benzene rings is 2. The molecule has 0 unspecified atom stereocenters. The number of hydrogen-bond donors (Lipinski definition) is 0. The number of halogens is 1. The van der Waals surface area contributed by atoms with E-state index in [9.17, 15) is 14.0 Å². The smallest absolute Gasteiger partial charge is 0.343 e. The molecule has 0 aromatic heterocycles. The molecule has 0 fully saturated rings. The second-order valence-electron chi connectivity index (χ2n) is 4.31. The van der Waals surface area contributed by atoms with Crippen LogP contribution in [0.15, 0.2) is 42.5 Å². The van der Waals surface area contributed by atoms with Crippen molar-refractivity contribution in [2.45, 2.75) is 6.92 Å². The molecule has 0 saturated heterocycles. The second-order valence-corrected chi connectivity index (χ2v) is 4.31. The molecule has 2 aromatic carbocycles. The standard InChI is InChI=1S/C16H13FO4/c1-10(18)14-9-13(20-2)7-8-15(14)21-16(19)11-3-5-12(17)6-4-11/h3-9H,1-2H3. The van der Waals surface area contributed by atoms with Gasteiger partial charge in [0.2, 0.25) is 0 Å². The van der Waals surface area contributed by atoms with E-state index in [4.69, 9.17) is 9.47 Å². The Bertz CT molecular complexity index is 677. The Morgan fingerprint density at radius 2 is 1.71 bits per heavy atom. The molecule has 108 valence electrons. The number of carbonyl (C=O) groups excluding carboxylic acids is 2. The van der Waals surface area contributed by atoms with Gasteiger partial charge in [-0.15, -0.1) is 0 Å². The summed E-state index contributed by atoms with van der Waals surface area (Å²) < 4.78 is 23.0. The van der Waals surface area contributed by atoms with Crippen LogP contribution in [-0.4, -0.2) is 18.9 Å². The van der Waals surface area contributed by atoms with Crippen molar-refractivity contribution in [2.24, 2.45) is 0 Å². The first-order valence-corrected chi connectivity index (χ1v) is 6.18. The molecule has 0 heterocycles. The summed E-state index contributed by atoms with van der Waals surface area (Å²) in [5.41, 5.74) is 0.437. The number of ether oxygens (including phenoxy) is 2. The first kappa shape index (κ1) is 14.7. The van der Waals surface area contributed by atoms with E-state index in [1.165, 1.54) is 38.3 Å². The van der Waals surface area contributed by atoms with Gasteiger partial charge in [-0.3, -0.25) is 4.79 Å². The topological polar surface area (TPSA) is 52.6 Å². The van der Waals surface area contributed by atoms with Crippen molar-refractivity contribution < 1.29 is 23.5 Å². The summed E-state index contributed by atoms with van der Waals surface area (Å²) in [7, 11) is 1.48. The van der Waals surface area contributed by atoms with Crippen LogP contribution in [0.25, 0.3) is 0 Å². The van der Waals surface area contributed by atoms with Crippen molar-refractivity contribution >= 4 is 11.8 Å². The van der Waals surface area contributed by atoms with Gasteiger partial charge in [0.15, 0.2) is 5.78 Å². The van der Waals surface area contributed by atoms with E-state index in [2.05, 4.69) is 0 Å². The van der Waals surface area contributed by atoms with E-state index in [1.54, 1.807) is 6.07 Å². The lowest BCUT2D eigenvalue weighted by Crippen LogP contribution is -2.11. The minimum atomic E-state index is -0.664. The van der Waals surface area contributed by atoms with Gasteiger partial charge >= 0.3 is 5.97 Å². The van der Waals surface area contributed by atoms with Crippen LogP contribution >= 0.6 is 0 Å². The number of ketones is 1. The van der Waals surface area contributed by atoms with Crippen LogP contribution in [0.3, 0.4) is 0 Å². The minimum absolute atomic E-state index is 0.137. The van der Waals surface area contributed by atoms with Crippen LogP contribution in [0.4, 0.5) is 4.39 Å². The molecule has 5 heteroatoms. The summed E-state index contributed by atoms with van der Waals surface area (Å²) >= 11 is 0. The third-order valence-electron chi connectivity index (χ3n) is 2.85. The van der Waals surface area contributed by atoms with Crippen molar-refractivity contribution in [1.82, 2.24) is 0 Å². The summed E-state index contributed by atoms with van der Waals surface area (Å²) in [6.07, 6.45) is 0. The molecule has 2 rings (SSSR count). The van der Waals surface area contributed by atoms with Gasteiger partial charge in [0, 0.05) is 0 Å². The monoisotopic (exact) mass is 288 g/mol. The molecule has 4 nitrogen and oxygen atoms in total. The van der Waals surface area contributed by atoms with Crippen LogP contribution in [0.2, 0.25) is 0 Å². The Labute approximate surface area is 121 Å². The van der Waals surface area contributed by atoms with Crippen molar-refractivity contribution in [1.29, 1.82) is 0 Å². The van der Waals surface area contributed by atoms with E-state index in [0.29, 0.717) is 5.75 Å². The molecule has 0 bridgehead atoms. The van der Waals surface area contributed by atoms with Gasteiger partial charge in [-0.2, -0.15) is 0 Å². The van der Waals surface area contributed by atoms with E-state index in [0.717, 1.165) is 12.1 Å². The lowest BCUT2D eigenvalue weighted by Gasteiger charge is -2.10. The SMILES string of the molecule is COc1ccc(OC(=O)c2ccc(F)cc2)c(C(C)=O)c1. The van der Waals surface area contributed by atoms with E-state index in [-0.39, 0.29) is 22.7 Å². The van der Waals surface area contributed by atoms with Crippen LogP contribution in [0.5, 0.6) is 11.5 Å². The third-order valence-corrected chi connectivity index (χ3v) is 2.85. The molecular weight excluding hydrogens is 275 g/mol. The van der Waals surface area contributed by atoms with Crippen molar-refractivity contribution in [3.05, 3.63) is 59.4 Å². The number of rotatable bonds is 4. The van der Waals surface area contributed by atoms with Crippen LogP contribution < -0.4 is 9.47 Å². The first-order chi connectivity index (χ1) is 10.0. The van der Waals surface area contributed by atoms with Gasteiger partial charge < -0.3 is 9.47 Å². The highest BCUT2D eigenvalue weighted by molar-refractivity contribution is 5.99. The lowest BCUT2D eigenvalue weighted by molar-refractivity contribution is 0.0732. The number of carbonyl (C=O) groups is 2. The fraction of sp³-hybridized carbons (Fsp3) is 0.125. The molecule has 0 aliphatic carbocycles. The normalized spacial score (nSPS) is 10.0. The van der Waals surface area contributed by atoms with Crippen molar-refractivity contribution in [3.63, 3.8) is 0 Å². The van der Waals surface area contributed by atoms with Gasteiger partial charge in [0.05, 0.1) is 18.2 Å². The highest BCUT2D eigenvalue weighted by Crippen LogP contribution is 2.25. The van der Waals surface area contributed by atoms with E-state index < -0.39 is 11.8 Å². The van der Waals surface area contributed by atoms with Crippen molar-refractivity contribution in [2.75, 3.05) is 7.11 Å². The predicted molar refractivity (Wildman–Crippen MR) is 74.4 cm³/mol. The summed E-state index contributed by atoms with van der Waals surface area (Å²) in [6, 6.07) is 9.52. The fourth-order valence-electron chi connectivity index (χ4n) is 1.74. The Balaban J connectivity index is 2.28. The zero-order valence-electron chi connectivity index (χ0n) is 11.6. The molecule has 0 N–H and O–H groups in total. The largest absolute Gasteiger partial charge is 0.497 e. The zero-order valence-corrected chi connectivity index (χ0v) is 11.6. The highest BCUT2D eigenvalue weighted by atomic mass is 19.1. The summed E-state index contributed by atoms with van der Waals surface area (Å²) in [5.74, 6) is -0.738. The number of methoxy groups -OCH3 is 1. The zero-order chi connectivity index (χ0) is 15.4. The molecule has 0 amide bonds. The molecule has 0 saturated carbocycles. The maximum atomic E-state index is 12.8. The quantitative estimate of drug-likeness (QED) is 0.492. The van der Waals surface area contributed by atoms with Crippen LogP contribution in [0, 0.1) is 5.82 Å². The van der Waals surface area contributed by atoms with Gasteiger partial charge in [-0.25, -0.2) is 9.18 Å². The van der Waals surface area contributed by atoms with Crippen molar-refractivity contribution in [3.8, 4) is 11.5 Å². The molecular formula is C16H13FO4. The third kappa shape index (κ3) is 3.45. The molecule has 0 radical (unpaired) electrons. The number of hydrogen-bond acceptors (Lipinski definition) is 4. The average Bonchev–Trinajstić information content (AvgIpc) is 2.48. The number of esters is 1. The predicted octanol–water partition coefficient (Wildman–Crippen LogP) is 3.26. The summed E-state index contributed by atoms with van der Waals surface area (Å²) in [5, 5.41) is 0. The van der Waals surface area contributed by atoms with E-state index in [1.807, 2.05) is 0 Å². The van der Waals surface area contributed by atoms with Gasteiger partial charge in [0.1, 0.15) is 17.3 Å². The summed E-state index contributed by atoms with van der Waals surface area (Å²) in [6.45, 7) is 1.37. The lowest BCUT2D eigenvalue weighted by atomic mass is 10.1. The van der Waals surface area contributed by atoms with Gasteiger partial charge in [0.25, 0.3) is 0 Å². The van der Waals surface area contributed by atoms with Crippen LogP contribution in [-0.2, 0) is 0 Å². The van der Waals surface area contributed by atoms with Gasteiger partial charge in [-0.05, 0) is 49.4 Å². The molecule has 0 spiro atoms. The average molecular weight is 288 g/mol. The molecule has 21 heavy (non-hydrogen) atoms. The first-order valence-electron chi connectivity index (χ1n) is 6.18.